The maximum Gasteiger partial charge on any atom is 0.333 e. The Hall–Kier alpha value is -1.35. The van der Waals surface area contributed by atoms with Crippen LogP contribution in [0.1, 0.15) is 33.6 Å². The van der Waals surface area contributed by atoms with Gasteiger partial charge in [0, 0.05) is 18.7 Å². The van der Waals surface area contributed by atoms with Crippen LogP contribution in [-0.2, 0) is 9.53 Å². The number of allylic oxidation sites excluding steroid dienone is 3. The zero-order valence-corrected chi connectivity index (χ0v) is 12.5. The molecule has 3 nitrogen and oxygen atoms in total. The van der Waals surface area contributed by atoms with Crippen molar-refractivity contribution in [1.82, 2.24) is 4.90 Å². The van der Waals surface area contributed by atoms with Gasteiger partial charge in [-0.25, -0.2) is 4.79 Å². The lowest BCUT2D eigenvalue weighted by atomic mass is 10.2. The summed E-state index contributed by atoms with van der Waals surface area (Å²) in [7, 11) is 0. The molecule has 0 N–H and O–H groups in total. The Labute approximate surface area is 117 Å². The molecule has 0 unspecified atom stereocenters. The van der Waals surface area contributed by atoms with Crippen molar-refractivity contribution in [2.24, 2.45) is 0 Å². The van der Waals surface area contributed by atoms with Gasteiger partial charge in [0.25, 0.3) is 0 Å². The standard InChI is InChI=1S/C16H27NO2/c1-5-7-8-9-10-11-12-17(6-2)13-14-19-16(18)15(3)4/h5,7,10-11H,3,6,8-9,12-14H2,1-2,4H3/b7-5+,11-10+. The van der Waals surface area contributed by atoms with E-state index in [1.165, 1.54) is 0 Å². The quantitative estimate of drug-likeness (QED) is 0.262. The number of hydrogen-bond acceptors (Lipinski definition) is 3. The van der Waals surface area contributed by atoms with Crippen molar-refractivity contribution >= 4 is 5.97 Å². The van der Waals surface area contributed by atoms with Gasteiger partial charge < -0.3 is 4.74 Å². The van der Waals surface area contributed by atoms with Gasteiger partial charge in [-0.2, -0.15) is 0 Å². The lowest BCUT2D eigenvalue weighted by molar-refractivity contribution is -0.139. The van der Waals surface area contributed by atoms with Crippen LogP contribution < -0.4 is 0 Å². The highest BCUT2D eigenvalue weighted by molar-refractivity contribution is 5.86. The lowest BCUT2D eigenvalue weighted by Crippen LogP contribution is -2.28. The van der Waals surface area contributed by atoms with Gasteiger partial charge in [0.2, 0.25) is 0 Å². The van der Waals surface area contributed by atoms with Crippen molar-refractivity contribution in [1.29, 1.82) is 0 Å². The Bertz CT molecular complexity index is 319. The number of carbonyl (C=O) groups is 1. The fourth-order valence-electron chi connectivity index (χ4n) is 1.47. The molecule has 0 aromatic heterocycles. The number of nitrogens with zero attached hydrogens (tertiary/aromatic N) is 1. The van der Waals surface area contributed by atoms with Crippen LogP contribution in [0.5, 0.6) is 0 Å². The smallest absolute Gasteiger partial charge is 0.333 e. The van der Waals surface area contributed by atoms with Crippen LogP contribution in [0.15, 0.2) is 36.5 Å². The number of hydrogen-bond donors (Lipinski definition) is 0. The van der Waals surface area contributed by atoms with Crippen molar-refractivity contribution in [3.63, 3.8) is 0 Å². The van der Waals surface area contributed by atoms with Crippen molar-refractivity contribution in [2.75, 3.05) is 26.2 Å². The SMILES string of the molecule is C=C(C)C(=O)OCCN(CC)C/C=C/CC/C=C/C. The van der Waals surface area contributed by atoms with E-state index in [1.54, 1.807) is 6.92 Å². The van der Waals surface area contributed by atoms with Crippen LogP contribution >= 0.6 is 0 Å². The van der Waals surface area contributed by atoms with Crippen LogP contribution in [0.2, 0.25) is 0 Å². The number of likely N-dealkylation sites (N-methyl/N-ethyl adjacent to an activating group) is 1. The van der Waals surface area contributed by atoms with E-state index < -0.39 is 0 Å². The molecule has 108 valence electrons. The van der Waals surface area contributed by atoms with E-state index in [4.69, 9.17) is 4.74 Å². The summed E-state index contributed by atoms with van der Waals surface area (Å²) in [6.07, 6.45) is 10.8. The summed E-state index contributed by atoms with van der Waals surface area (Å²) in [4.78, 5) is 13.4. The summed E-state index contributed by atoms with van der Waals surface area (Å²) in [6.45, 7) is 12.4. The van der Waals surface area contributed by atoms with Crippen LogP contribution in [0.25, 0.3) is 0 Å². The summed E-state index contributed by atoms with van der Waals surface area (Å²) in [5, 5.41) is 0. The third-order valence-electron chi connectivity index (χ3n) is 2.70. The van der Waals surface area contributed by atoms with Crippen LogP contribution in [0, 0.1) is 0 Å². The van der Waals surface area contributed by atoms with Crippen LogP contribution in [0.4, 0.5) is 0 Å². The molecule has 0 heterocycles. The van der Waals surface area contributed by atoms with Gasteiger partial charge in [-0.05, 0) is 33.2 Å². The van der Waals surface area contributed by atoms with Gasteiger partial charge in [0.15, 0.2) is 0 Å². The molecule has 19 heavy (non-hydrogen) atoms. The molecule has 0 amide bonds. The van der Waals surface area contributed by atoms with Crippen molar-refractivity contribution in [3.05, 3.63) is 36.5 Å². The fraction of sp³-hybridized carbons (Fsp3) is 0.562. The maximum absolute atomic E-state index is 11.2. The molecule has 0 radical (unpaired) electrons. The highest BCUT2D eigenvalue weighted by Crippen LogP contribution is 1.96. The number of ether oxygens (including phenoxy) is 1. The third-order valence-corrected chi connectivity index (χ3v) is 2.70. The first-order chi connectivity index (χ1) is 9.11. The van der Waals surface area contributed by atoms with Crippen molar-refractivity contribution < 1.29 is 9.53 Å². The monoisotopic (exact) mass is 265 g/mol. The number of esters is 1. The minimum absolute atomic E-state index is 0.307. The summed E-state index contributed by atoms with van der Waals surface area (Å²) in [5.74, 6) is -0.307. The van der Waals surface area contributed by atoms with E-state index in [1.807, 2.05) is 6.92 Å². The van der Waals surface area contributed by atoms with Gasteiger partial charge in [-0.3, -0.25) is 4.90 Å². The Morgan fingerprint density at radius 3 is 2.53 bits per heavy atom. The predicted octanol–water partition coefficient (Wildman–Crippen LogP) is 3.34. The summed E-state index contributed by atoms with van der Waals surface area (Å²) in [6, 6.07) is 0. The zero-order valence-electron chi connectivity index (χ0n) is 12.5. The molecule has 0 bridgehead atoms. The molecule has 0 saturated heterocycles. The van der Waals surface area contributed by atoms with Gasteiger partial charge in [0.1, 0.15) is 6.61 Å². The topological polar surface area (TPSA) is 29.5 Å². The number of unbranched alkanes of at least 4 members (excludes halogenated alkanes) is 1. The Morgan fingerprint density at radius 2 is 1.95 bits per heavy atom. The van der Waals surface area contributed by atoms with Gasteiger partial charge in [-0.1, -0.05) is 37.8 Å². The first-order valence-electron chi connectivity index (χ1n) is 6.93. The fourth-order valence-corrected chi connectivity index (χ4v) is 1.47. The Kier molecular flexibility index (Phi) is 10.9. The molecule has 0 spiro atoms. The molecule has 0 aliphatic heterocycles. The number of carbonyl (C=O) groups excluding carboxylic acids is 1. The molecule has 0 aliphatic carbocycles. The Balaban J connectivity index is 3.76. The second kappa shape index (κ2) is 11.7. The first-order valence-corrected chi connectivity index (χ1v) is 6.93. The summed E-state index contributed by atoms with van der Waals surface area (Å²) < 4.78 is 5.08. The summed E-state index contributed by atoms with van der Waals surface area (Å²) in [5.41, 5.74) is 0.451. The van der Waals surface area contributed by atoms with Crippen molar-refractivity contribution in [2.45, 2.75) is 33.6 Å². The van der Waals surface area contributed by atoms with E-state index >= 15 is 0 Å². The molecule has 0 aromatic carbocycles. The average molecular weight is 265 g/mol. The second-order valence-corrected chi connectivity index (χ2v) is 4.43. The van der Waals surface area contributed by atoms with Crippen LogP contribution in [0.3, 0.4) is 0 Å². The molecular formula is C16H27NO2. The zero-order chi connectivity index (χ0) is 14.5. The van der Waals surface area contributed by atoms with Gasteiger partial charge >= 0.3 is 5.97 Å². The van der Waals surface area contributed by atoms with E-state index in [2.05, 4.69) is 42.7 Å². The molecule has 3 heteroatoms. The summed E-state index contributed by atoms with van der Waals surface area (Å²) >= 11 is 0. The highest BCUT2D eigenvalue weighted by atomic mass is 16.5. The van der Waals surface area contributed by atoms with Crippen molar-refractivity contribution in [3.8, 4) is 0 Å². The molecule has 0 fully saturated rings. The van der Waals surface area contributed by atoms with Gasteiger partial charge in [-0.15, -0.1) is 0 Å². The first kappa shape index (κ1) is 17.6. The molecule has 0 rings (SSSR count). The predicted molar refractivity (Wildman–Crippen MR) is 81.1 cm³/mol. The molecule has 0 saturated carbocycles. The maximum atomic E-state index is 11.2. The van der Waals surface area contributed by atoms with E-state index in [0.717, 1.165) is 32.5 Å². The molecule has 0 aliphatic rings. The third kappa shape index (κ3) is 10.3. The highest BCUT2D eigenvalue weighted by Gasteiger charge is 2.04. The average Bonchev–Trinajstić information content (AvgIpc) is 2.40. The second-order valence-electron chi connectivity index (χ2n) is 4.43. The normalized spacial score (nSPS) is 11.6. The molecule has 0 aromatic rings. The Morgan fingerprint density at radius 1 is 1.26 bits per heavy atom. The lowest BCUT2D eigenvalue weighted by Gasteiger charge is -2.18. The molecular weight excluding hydrogens is 238 g/mol. The molecule has 0 atom stereocenters. The minimum atomic E-state index is -0.307. The van der Waals surface area contributed by atoms with E-state index in [-0.39, 0.29) is 5.97 Å². The van der Waals surface area contributed by atoms with E-state index in [0.29, 0.717) is 12.2 Å². The van der Waals surface area contributed by atoms with Crippen LogP contribution in [-0.4, -0.2) is 37.1 Å². The number of rotatable bonds is 10. The largest absolute Gasteiger partial charge is 0.461 e. The van der Waals surface area contributed by atoms with Gasteiger partial charge in [0.05, 0.1) is 0 Å². The minimum Gasteiger partial charge on any atom is -0.461 e. The van der Waals surface area contributed by atoms with E-state index in [9.17, 15) is 4.79 Å².